The first-order valence-electron chi connectivity index (χ1n) is 9.36. The summed E-state index contributed by atoms with van der Waals surface area (Å²) < 4.78 is 5.65. The van der Waals surface area contributed by atoms with Gasteiger partial charge in [0.25, 0.3) is 0 Å². The van der Waals surface area contributed by atoms with Gasteiger partial charge in [-0.3, -0.25) is 9.80 Å². The fourth-order valence-electron chi connectivity index (χ4n) is 3.50. The molecule has 0 radical (unpaired) electrons. The van der Waals surface area contributed by atoms with E-state index in [0.717, 1.165) is 24.2 Å². The fraction of sp³-hybridized carbons (Fsp3) is 0.409. The van der Waals surface area contributed by atoms with Crippen molar-refractivity contribution in [2.24, 2.45) is 0 Å². The third-order valence-electron chi connectivity index (χ3n) is 4.78. The highest BCUT2D eigenvalue weighted by Crippen LogP contribution is 2.35. The Bertz CT molecular complexity index is 799. The van der Waals surface area contributed by atoms with E-state index in [1.807, 2.05) is 57.2 Å². The monoisotopic (exact) mass is 367 g/mol. The Morgan fingerprint density at radius 1 is 1.19 bits per heavy atom. The molecule has 0 aromatic heterocycles. The van der Waals surface area contributed by atoms with E-state index in [0.29, 0.717) is 12.2 Å². The van der Waals surface area contributed by atoms with Gasteiger partial charge in [0.15, 0.2) is 0 Å². The minimum atomic E-state index is -0.552. The van der Waals surface area contributed by atoms with Gasteiger partial charge in [-0.1, -0.05) is 42.5 Å². The number of carbonyl (C=O) groups is 1. The Balaban J connectivity index is 1.86. The molecule has 0 unspecified atom stereocenters. The highest BCUT2D eigenvalue weighted by atomic mass is 16.6. The van der Waals surface area contributed by atoms with E-state index in [9.17, 15) is 4.79 Å². The van der Waals surface area contributed by atoms with Crippen molar-refractivity contribution in [3.8, 4) is 0 Å². The Morgan fingerprint density at radius 3 is 2.56 bits per heavy atom. The molecule has 1 heterocycles. The number of carbonyl (C=O) groups excluding carboxylic acids is 1. The topological polar surface area (TPSA) is 58.8 Å². The number of amides is 1. The average Bonchev–Trinajstić information content (AvgIpc) is 2.60. The molecule has 1 atom stereocenters. The van der Waals surface area contributed by atoms with Crippen molar-refractivity contribution < 1.29 is 9.53 Å². The molecule has 3 rings (SSSR count). The maximum atomic E-state index is 12.9. The molecule has 0 fully saturated rings. The molecular formula is C22H29N3O2. The first-order chi connectivity index (χ1) is 12.7. The third-order valence-corrected chi connectivity index (χ3v) is 4.78. The van der Waals surface area contributed by atoms with Gasteiger partial charge in [0.05, 0.1) is 11.4 Å². The number of para-hydroxylation sites is 1. The molecule has 0 bridgehead atoms. The standard InChI is InChI=1S/C22H29N3O2/c1-22(2,3)27-21(26)25-15-18(13-17-11-8-12-19(23)20(17)25)24(4)14-16-9-6-5-7-10-16/h5-12,18H,13-15,23H2,1-4H3/t18-/m0/s1. The van der Waals surface area contributed by atoms with Crippen LogP contribution in [0.2, 0.25) is 0 Å². The molecule has 144 valence electrons. The number of likely N-dealkylation sites (N-methyl/N-ethyl adjacent to an activating group) is 1. The number of nitrogens with zero attached hydrogens (tertiary/aromatic N) is 2. The summed E-state index contributed by atoms with van der Waals surface area (Å²) in [6.07, 6.45) is 0.502. The van der Waals surface area contributed by atoms with Crippen LogP contribution in [0.3, 0.4) is 0 Å². The molecule has 5 heteroatoms. The van der Waals surface area contributed by atoms with Crippen molar-refractivity contribution in [3.05, 3.63) is 59.7 Å². The number of nitrogens with two attached hydrogens (primary N) is 1. The summed E-state index contributed by atoms with van der Waals surface area (Å²) in [4.78, 5) is 16.9. The van der Waals surface area contributed by atoms with Crippen molar-refractivity contribution in [2.45, 2.75) is 45.4 Å². The van der Waals surface area contributed by atoms with Gasteiger partial charge in [-0.2, -0.15) is 0 Å². The van der Waals surface area contributed by atoms with Crippen LogP contribution in [0.25, 0.3) is 0 Å². The highest BCUT2D eigenvalue weighted by Gasteiger charge is 2.34. The van der Waals surface area contributed by atoms with E-state index in [4.69, 9.17) is 10.5 Å². The molecule has 1 amide bonds. The van der Waals surface area contributed by atoms with Crippen molar-refractivity contribution in [1.82, 2.24) is 4.90 Å². The number of hydrogen-bond acceptors (Lipinski definition) is 4. The van der Waals surface area contributed by atoms with E-state index in [1.165, 1.54) is 5.56 Å². The van der Waals surface area contributed by atoms with Gasteiger partial charge in [0.1, 0.15) is 5.60 Å². The second-order valence-electron chi connectivity index (χ2n) is 8.20. The number of ether oxygens (including phenoxy) is 1. The predicted molar refractivity (Wildman–Crippen MR) is 110 cm³/mol. The average molecular weight is 367 g/mol. The van der Waals surface area contributed by atoms with Crippen LogP contribution in [-0.4, -0.2) is 36.2 Å². The maximum Gasteiger partial charge on any atom is 0.414 e. The minimum Gasteiger partial charge on any atom is -0.443 e. The number of rotatable bonds is 3. The molecular weight excluding hydrogens is 338 g/mol. The Labute approximate surface area is 161 Å². The number of nitrogen functional groups attached to an aromatic ring is 1. The van der Waals surface area contributed by atoms with Crippen LogP contribution in [0.5, 0.6) is 0 Å². The van der Waals surface area contributed by atoms with Gasteiger partial charge in [-0.05, 0) is 51.4 Å². The highest BCUT2D eigenvalue weighted by molar-refractivity contribution is 5.94. The molecule has 2 aromatic carbocycles. The second kappa shape index (κ2) is 7.61. The van der Waals surface area contributed by atoms with Crippen LogP contribution in [-0.2, 0) is 17.7 Å². The Morgan fingerprint density at radius 2 is 1.89 bits per heavy atom. The minimum absolute atomic E-state index is 0.187. The molecule has 0 aliphatic carbocycles. The van der Waals surface area contributed by atoms with Gasteiger partial charge in [0, 0.05) is 19.1 Å². The van der Waals surface area contributed by atoms with Crippen molar-refractivity contribution in [2.75, 3.05) is 24.2 Å². The lowest BCUT2D eigenvalue weighted by molar-refractivity contribution is 0.0564. The molecule has 0 saturated heterocycles. The van der Waals surface area contributed by atoms with E-state index < -0.39 is 5.60 Å². The molecule has 27 heavy (non-hydrogen) atoms. The van der Waals surface area contributed by atoms with Crippen LogP contribution >= 0.6 is 0 Å². The molecule has 1 aliphatic rings. The summed E-state index contributed by atoms with van der Waals surface area (Å²) in [5, 5.41) is 0. The number of fused-ring (bicyclic) bond motifs is 1. The van der Waals surface area contributed by atoms with E-state index >= 15 is 0 Å². The molecule has 0 spiro atoms. The van der Waals surface area contributed by atoms with Crippen LogP contribution in [0.15, 0.2) is 48.5 Å². The fourth-order valence-corrected chi connectivity index (χ4v) is 3.50. The van der Waals surface area contributed by atoms with Crippen LogP contribution < -0.4 is 10.6 Å². The lowest BCUT2D eigenvalue weighted by Gasteiger charge is -2.39. The largest absolute Gasteiger partial charge is 0.443 e. The summed E-state index contributed by atoms with van der Waals surface area (Å²) in [6, 6.07) is 16.4. The lowest BCUT2D eigenvalue weighted by Crippen LogP contribution is -2.50. The van der Waals surface area contributed by atoms with Crippen LogP contribution in [0, 0.1) is 0 Å². The molecule has 1 aliphatic heterocycles. The first kappa shape index (κ1) is 19.2. The molecule has 0 saturated carbocycles. The predicted octanol–water partition coefficient (Wildman–Crippen LogP) is 4.07. The van der Waals surface area contributed by atoms with E-state index in [1.54, 1.807) is 4.90 Å². The summed E-state index contributed by atoms with van der Waals surface area (Å²) in [7, 11) is 2.10. The van der Waals surface area contributed by atoms with Crippen molar-refractivity contribution >= 4 is 17.5 Å². The normalized spacial score (nSPS) is 16.9. The van der Waals surface area contributed by atoms with Gasteiger partial charge in [-0.25, -0.2) is 4.79 Å². The summed E-state index contributed by atoms with van der Waals surface area (Å²) in [6.45, 7) is 7.01. The van der Waals surface area contributed by atoms with E-state index in [2.05, 4.69) is 24.1 Å². The van der Waals surface area contributed by atoms with Crippen LogP contribution in [0.4, 0.5) is 16.2 Å². The van der Waals surface area contributed by atoms with Crippen molar-refractivity contribution in [1.29, 1.82) is 0 Å². The SMILES string of the molecule is CN(Cc1ccccc1)[C@H]1Cc2cccc(N)c2N(C(=O)OC(C)(C)C)C1. The summed E-state index contributed by atoms with van der Waals surface area (Å²) >= 11 is 0. The van der Waals surface area contributed by atoms with Gasteiger partial charge in [-0.15, -0.1) is 0 Å². The van der Waals surface area contributed by atoms with E-state index in [-0.39, 0.29) is 12.1 Å². The Kier molecular flexibility index (Phi) is 5.42. The third kappa shape index (κ3) is 4.61. The van der Waals surface area contributed by atoms with Crippen LogP contribution in [0.1, 0.15) is 31.9 Å². The quantitative estimate of drug-likeness (QED) is 0.831. The maximum absolute atomic E-state index is 12.9. The number of benzene rings is 2. The second-order valence-corrected chi connectivity index (χ2v) is 8.20. The van der Waals surface area contributed by atoms with Gasteiger partial charge in [0.2, 0.25) is 0 Å². The zero-order valence-corrected chi connectivity index (χ0v) is 16.6. The molecule has 2 N–H and O–H groups in total. The zero-order valence-electron chi connectivity index (χ0n) is 16.6. The van der Waals surface area contributed by atoms with Crippen molar-refractivity contribution in [3.63, 3.8) is 0 Å². The first-order valence-corrected chi connectivity index (χ1v) is 9.36. The Hall–Kier alpha value is -2.53. The van der Waals surface area contributed by atoms with Gasteiger partial charge < -0.3 is 10.5 Å². The zero-order chi connectivity index (χ0) is 19.6. The van der Waals surface area contributed by atoms with Gasteiger partial charge >= 0.3 is 6.09 Å². The number of hydrogen-bond donors (Lipinski definition) is 1. The lowest BCUT2D eigenvalue weighted by atomic mass is 9.96. The summed E-state index contributed by atoms with van der Waals surface area (Å²) in [5.41, 5.74) is 9.40. The number of anilines is 2. The smallest absolute Gasteiger partial charge is 0.414 e. The summed E-state index contributed by atoms with van der Waals surface area (Å²) in [5.74, 6) is 0. The molecule has 5 nitrogen and oxygen atoms in total. The molecule has 2 aromatic rings.